The van der Waals surface area contributed by atoms with Crippen LogP contribution in [0, 0.1) is 5.82 Å². The Morgan fingerprint density at radius 1 is 1.50 bits per heavy atom. The zero-order valence-electron chi connectivity index (χ0n) is 8.55. The van der Waals surface area contributed by atoms with Crippen molar-refractivity contribution in [2.24, 2.45) is 5.73 Å². The van der Waals surface area contributed by atoms with Gasteiger partial charge in [0.25, 0.3) is 0 Å². The highest BCUT2D eigenvalue weighted by Gasteiger charge is 2.11. The summed E-state index contributed by atoms with van der Waals surface area (Å²) in [6.45, 7) is -0.180. The number of nitrogens with two attached hydrogens (primary N) is 1. The fraction of sp³-hybridized carbons (Fsp3) is 0.182. The number of hydrogen-bond donors (Lipinski definition) is 2. The monoisotopic (exact) mass is 221 g/mol. The van der Waals surface area contributed by atoms with Crippen molar-refractivity contribution in [2.75, 3.05) is 6.61 Å². The van der Waals surface area contributed by atoms with Crippen LogP contribution in [0.2, 0.25) is 0 Å². The molecule has 1 aromatic heterocycles. The van der Waals surface area contributed by atoms with E-state index in [-0.39, 0.29) is 12.4 Å². The van der Waals surface area contributed by atoms with Gasteiger partial charge >= 0.3 is 0 Å². The SMILES string of the molecule is NC(CO)c1cncn1-c1cccc(F)c1. The molecule has 0 aliphatic rings. The second-order valence-electron chi connectivity index (χ2n) is 3.46. The van der Waals surface area contributed by atoms with Crippen molar-refractivity contribution < 1.29 is 9.50 Å². The van der Waals surface area contributed by atoms with Crippen LogP contribution in [0.5, 0.6) is 0 Å². The Bertz CT molecular complexity index is 484. The number of halogens is 1. The molecule has 1 atom stereocenters. The lowest BCUT2D eigenvalue weighted by atomic mass is 10.2. The van der Waals surface area contributed by atoms with Gasteiger partial charge in [0.15, 0.2) is 0 Å². The van der Waals surface area contributed by atoms with Crippen molar-refractivity contribution in [3.8, 4) is 5.69 Å². The van der Waals surface area contributed by atoms with Gasteiger partial charge in [-0.3, -0.25) is 0 Å². The van der Waals surface area contributed by atoms with Gasteiger partial charge < -0.3 is 15.4 Å². The Morgan fingerprint density at radius 3 is 3.00 bits per heavy atom. The van der Waals surface area contributed by atoms with Crippen LogP contribution in [0.3, 0.4) is 0 Å². The minimum atomic E-state index is -0.522. The standard InChI is InChI=1S/C11H12FN3O/c12-8-2-1-3-9(4-8)15-7-14-5-11(15)10(13)6-16/h1-5,7,10,16H,6,13H2. The smallest absolute Gasteiger partial charge is 0.125 e. The third-order valence-corrected chi connectivity index (χ3v) is 2.33. The number of hydrogen-bond acceptors (Lipinski definition) is 3. The maximum absolute atomic E-state index is 13.1. The van der Waals surface area contributed by atoms with Gasteiger partial charge in [-0.25, -0.2) is 9.37 Å². The largest absolute Gasteiger partial charge is 0.394 e. The van der Waals surface area contributed by atoms with Gasteiger partial charge in [-0.1, -0.05) is 6.07 Å². The highest BCUT2D eigenvalue weighted by Crippen LogP contribution is 2.16. The normalized spacial score (nSPS) is 12.7. The van der Waals surface area contributed by atoms with Gasteiger partial charge in [0.05, 0.1) is 30.9 Å². The maximum atomic E-state index is 13.1. The lowest BCUT2D eigenvalue weighted by Gasteiger charge is -2.12. The molecule has 3 N–H and O–H groups in total. The molecule has 1 aromatic carbocycles. The van der Waals surface area contributed by atoms with Crippen molar-refractivity contribution >= 4 is 0 Å². The molecule has 0 fully saturated rings. The van der Waals surface area contributed by atoms with Gasteiger partial charge in [-0.05, 0) is 18.2 Å². The van der Waals surface area contributed by atoms with Gasteiger partial charge in [0.1, 0.15) is 5.82 Å². The van der Waals surface area contributed by atoms with Crippen LogP contribution in [0.1, 0.15) is 11.7 Å². The number of nitrogens with zero attached hydrogens (tertiary/aromatic N) is 2. The Labute approximate surface area is 92.2 Å². The molecule has 5 heteroatoms. The zero-order chi connectivity index (χ0) is 11.5. The second kappa shape index (κ2) is 4.42. The summed E-state index contributed by atoms with van der Waals surface area (Å²) in [6.07, 6.45) is 3.10. The summed E-state index contributed by atoms with van der Waals surface area (Å²) in [5, 5.41) is 8.99. The van der Waals surface area contributed by atoms with Crippen LogP contribution in [0.25, 0.3) is 5.69 Å². The number of imidazole rings is 1. The first-order valence-electron chi connectivity index (χ1n) is 4.87. The lowest BCUT2D eigenvalue weighted by molar-refractivity contribution is 0.265. The average molecular weight is 221 g/mol. The highest BCUT2D eigenvalue weighted by molar-refractivity contribution is 5.34. The van der Waals surface area contributed by atoms with E-state index in [1.54, 1.807) is 29.2 Å². The molecule has 0 radical (unpaired) electrons. The van der Waals surface area contributed by atoms with Crippen LogP contribution in [-0.4, -0.2) is 21.3 Å². The molecular formula is C11H12FN3O. The first-order valence-corrected chi connectivity index (χ1v) is 4.87. The third-order valence-electron chi connectivity index (χ3n) is 2.33. The molecule has 1 heterocycles. The minimum Gasteiger partial charge on any atom is -0.394 e. The molecule has 0 saturated heterocycles. The predicted octanol–water partition coefficient (Wildman–Crippen LogP) is 1.00. The zero-order valence-corrected chi connectivity index (χ0v) is 8.55. The molecule has 1 unspecified atom stereocenters. The summed E-state index contributed by atoms with van der Waals surface area (Å²) in [5.74, 6) is -0.324. The Morgan fingerprint density at radius 2 is 2.31 bits per heavy atom. The van der Waals surface area contributed by atoms with E-state index in [9.17, 15) is 4.39 Å². The van der Waals surface area contributed by atoms with E-state index in [4.69, 9.17) is 10.8 Å². The minimum absolute atomic E-state index is 0.180. The van der Waals surface area contributed by atoms with E-state index in [2.05, 4.69) is 4.98 Å². The fourth-order valence-electron chi connectivity index (χ4n) is 1.51. The summed E-state index contributed by atoms with van der Waals surface area (Å²) in [4.78, 5) is 3.95. The molecule has 0 saturated carbocycles. The molecule has 2 rings (SSSR count). The maximum Gasteiger partial charge on any atom is 0.125 e. The number of aromatic nitrogens is 2. The van der Waals surface area contributed by atoms with E-state index in [0.29, 0.717) is 11.4 Å². The van der Waals surface area contributed by atoms with E-state index < -0.39 is 6.04 Å². The number of aliphatic hydroxyl groups excluding tert-OH is 1. The molecule has 4 nitrogen and oxygen atoms in total. The van der Waals surface area contributed by atoms with Gasteiger partial charge in [0.2, 0.25) is 0 Å². The summed E-state index contributed by atoms with van der Waals surface area (Å²) >= 11 is 0. The number of aliphatic hydroxyl groups is 1. The van der Waals surface area contributed by atoms with Crippen molar-refractivity contribution in [2.45, 2.75) is 6.04 Å². The summed E-state index contributed by atoms with van der Waals surface area (Å²) < 4.78 is 14.7. The Balaban J connectivity index is 2.44. The predicted molar refractivity (Wildman–Crippen MR) is 57.5 cm³/mol. The van der Waals surface area contributed by atoms with Crippen molar-refractivity contribution in [3.63, 3.8) is 0 Å². The lowest BCUT2D eigenvalue weighted by Crippen LogP contribution is -2.18. The topological polar surface area (TPSA) is 64.1 Å². The molecule has 16 heavy (non-hydrogen) atoms. The number of benzene rings is 1. The van der Waals surface area contributed by atoms with Gasteiger partial charge in [-0.15, -0.1) is 0 Å². The van der Waals surface area contributed by atoms with E-state index in [0.717, 1.165) is 0 Å². The first kappa shape index (κ1) is 10.8. The summed E-state index contributed by atoms with van der Waals surface area (Å²) in [5.41, 5.74) is 6.99. The van der Waals surface area contributed by atoms with E-state index >= 15 is 0 Å². The Hall–Kier alpha value is -1.72. The molecule has 84 valence electrons. The van der Waals surface area contributed by atoms with E-state index in [1.807, 2.05) is 0 Å². The Kier molecular flexibility index (Phi) is 2.98. The van der Waals surface area contributed by atoms with Crippen LogP contribution in [0.15, 0.2) is 36.8 Å². The van der Waals surface area contributed by atoms with Crippen molar-refractivity contribution in [1.29, 1.82) is 0 Å². The summed E-state index contributed by atoms with van der Waals surface area (Å²) in [7, 11) is 0. The summed E-state index contributed by atoms with van der Waals surface area (Å²) in [6, 6.07) is 5.59. The highest BCUT2D eigenvalue weighted by atomic mass is 19.1. The number of rotatable bonds is 3. The van der Waals surface area contributed by atoms with Crippen LogP contribution in [0.4, 0.5) is 4.39 Å². The van der Waals surface area contributed by atoms with Crippen LogP contribution >= 0.6 is 0 Å². The van der Waals surface area contributed by atoms with Crippen molar-refractivity contribution in [1.82, 2.24) is 9.55 Å². The molecule has 0 spiro atoms. The average Bonchev–Trinajstić information content (AvgIpc) is 2.77. The first-order chi connectivity index (χ1) is 7.72. The molecule has 2 aromatic rings. The molecule has 0 aliphatic heterocycles. The molecular weight excluding hydrogens is 209 g/mol. The third kappa shape index (κ3) is 1.95. The van der Waals surface area contributed by atoms with Gasteiger partial charge in [0, 0.05) is 5.69 Å². The van der Waals surface area contributed by atoms with Crippen LogP contribution in [-0.2, 0) is 0 Å². The molecule has 0 amide bonds. The second-order valence-corrected chi connectivity index (χ2v) is 3.46. The van der Waals surface area contributed by atoms with Gasteiger partial charge in [-0.2, -0.15) is 0 Å². The quantitative estimate of drug-likeness (QED) is 0.812. The molecule has 0 bridgehead atoms. The van der Waals surface area contributed by atoms with Crippen molar-refractivity contribution in [3.05, 3.63) is 48.3 Å². The molecule has 0 aliphatic carbocycles. The van der Waals surface area contributed by atoms with Crippen LogP contribution < -0.4 is 5.73 Å². The fourth-order valence-corrected chi connectivity index (χ4v) is 1.51. The van der Waals surface area contributed by atoms with E-state index in [1.165, 1.54) is 12.1 Å².